The lowest BCUT2D eigenvalue weighted by Crippen LogP contribution is -2.44. The van der Waals surface area contributed by atoms with Gasteiger partial charge < -0.3 is 25.2 Å². The van der Waals surface area contributed by atoms with Crippen molar-refractivity contribution in [3.05, 3.63) is 65.4 Å². The lowest BCUT2D eigenvalue weighted by Gasteiger charge is -2.36. The molecule has 3 aliphatic heterocycles. The first kappa shape index (κ1) is 26.7. The first-order valence-electron chi connectivity index (χ1n) is 14.4. The zero-order chi connectivity index (χ0) is 27.6. The fourth-order valence-electron chi connectivity index (χ4n) is 5.97. The van der Waals surface area contributed by atoms with Crippen molar-refractivity contribution in [2.45, 2.75) is 51.5 Å². The third-order valence-corrected chi connectivity index (χ3v) is 8.02. The molecule has 1 aromatic heterocycles. The Labute approximate surface area is 236 Å². The number of carbonyl (C=O) groups is 1. The lowest BCUT2D eigenvalue weighted by atomic mass is 10.0. The van der Waals surface area contributed by atoms with E-state index in [1.807, 2.05) is 62.6 Å². The summed E-state index contributed by atoms with van der Waals surface area (Å²) in [6, 6.07) is 15.4. The molecule has 2 aromatic carbocycles. The third-order valence-electron chi connectivity index (χ3n) is 8.02. The molecule has 4 heterocycles. The summed E-state index contributed by atoms with van der Waals surface area (Å²) in [6.07, 6.45) is 3.85. The zero-order valence-corrected chi connectivity index (χ0v) is 23.7. The topological polar surface area (TPSA) is 85.9 Å². The number of hydrogen-bond acceptors (Lipinski definition) is 7. The summed E-state index contributed by atoms with van der Waals surface area (Å²) >= 11 is 0. The van der Waals surface area contributed by atoms with Gasteiger partial charge in [0.25, 0.3) is 0 Å². The standard InChI is InChI=1S/C31H39N7O2/c1-4-37-16-15-27-28(20-37)34-29(35-30(27)38-18-25-13-14-26(19-38)40-25)22-7-11-24(12-8-22)33-31(39)32-23-9-5-21(6-10-23)17-36(2)3/h5-12,25-26H,4,13-20H2,1-3H3,(H2,32,33,39). The van der Waals surface area contributed by atoms with Crippen LogP contribution >= 0.6 is 0 Å². The van der Waals surface area contributed by atoms with Gasteiger partial charge in [0.15, 0.2) is 5.82 Å². The van der Waals surface area contributed by atoms with E-state index in [9.17, 15) is 4.79 Å². The molecule has 40 heavy (non-hydrogen) atoms. The van der Waals surface area contributed by atoms with Gasteiger partial charge in [0.1, 0.15) is 5.82 Å². The molecule has 2 atom stereocenters. The third kappa shape index (κ3) is 5.96. The van der Waals surface area contributed by atoms with Gasteiger partial charge in [0.05, 0.1) is 17.9 Å². The number of fused-ring (bicyclic) bond motifs is 3. The normalized spacial score (nSPS) is 20.4. The van der Waals surface area contributed by atoms with Crippen molar-refractivity contribution in [2.75, 3.05) is 55.8 Å². The molecule has 2 amide bonds. The van der Waals surface area contributed by atoms with Crippen LogP contribution < -0.4 is 15.5 Å². The summed E-state index contributed by atoms with van der Waals surface area (Å²) in [5.41, 5.74) is 6.03. The molecule has 210 valence electrons. The van der Waals surface area contributed by atoms with Crippen LogP contribution in [0.1, 0.15) is 36.6 Å². The second kappa shape index (κ2) is 11.5. The number of nitrogens with zero attached hydrogens (tertiary/aromatic N) is 5. The molecule has 0 spiro atoms. The van der Waals surface area contributed by atoms with Gasteiger partial charge in [-0.1, -0.05) is 19.1 Å². The quantitative estimate of drug-likeness (QED) is 0.452. The highest BCUT2D eigenvalue weighted by atomic mass is 16.5. The number of hydrogen-bond donors (Lipinski definition) is 2. The maximum Gasteiger partial charge on any atom is 0.323 e. The summed E-state index contributed by atoms with van der Waals surface area (Å²) in [5.74, 6) is 1.81. The molecule has 2 unspecified atom stereocenters. The molecule has 2 fully saturated rings. The monoisotopic (exact) mass is 541 g/mol. The first-order chi connectivity index (χ1) is 19.4. The second-order valence-electron chi connectivity index (χ2n) is 11.4. The van der Waals surface area contributed by atoms with E-state index < -0.39 is 0 Å². The summed E-state index contributed by atoms with van der Waals surface area (Å²) < 4.78 is 6.11. The van der Waals surface area contributed by atoms with E-state index in [1.54, 1.807) is 0 Å². The Morgan fingerprint density at radius 1 is 0.975 bits per heavy atom. The summed E-state index contributed by atoms with van der Waals surface area (Å²) in [4.78, 5) is 29.8. The predicted molar refractivity (Wildman–Crippen MR) is 159 cm³/mol. The fraction of sp³-hybridized carbons (Fsp3) is 0.452. The maximum atomic E-state index is 12.6. The van der Waals surface area contributed by atoms with Gasteiger partial charge in [-0.15, -0.1) is 0 Å². The molecule has 2 bridgehead atoms. The van der Waals surface area contributed by atoms with Crippen molar-refractivity contribution < 1.29 is 9.53 Å². The number of rotatable bonds is 7. The van der Waals surface area contributed by atoms with Gasteiger partial charge in [-0.3, -0.25) is 4.90 Å². The van der Waals surface area contributed by atoms with E-state index in [-0.39, 0.29) is 6.03 Å². The molecule has 9 heteroatoms. The van der Waals surface area contributed by atoms with Crippen LogP contribution in [0.3, 0.4) is 0 Å². The maximum absolute atomic E-state index is 12.6. The molecule has 3 aromatic rings. The largest absolute Gasteiger partial charge is 0.371 e. The number of aromatic nitrogens is 2. The molecule has 0 aliphatic carbocycles. The number of ether oxygens (including phenoxy) is 1. The number of urea groups is 1. The predicted octanol–water partition coefficient (Wildman–Crippen LogP) is 4.59. The van der Waals surface area contributed by atoms with Crippen LogP contribution in [0.2, 0.25) is 0 Å². The van der Waals surface area contributed by atoms with Crippen molar-refractivity contribution >= 4 is 23.2 Å². The van der Waals surface area contributed by atoms with Crippen LogP contribution in [0.25, 0.3) is 11.4 Å². The minimum atomic E-state index is -0.276. The molecule has 6 rings (SSSR count). The van der Waals surface area contributed by atoms with Crippen LogP contribution in [0.5, 0.6) is 0 Å². The molecule has 9 nitrogen and oxygen atoms in total. The molecule has 0 saturated carbocycles. The Morgan fingerprint density at radius 3 is 2.25 bits per heavy atom. The Kier molecular flexibility index (Phi) is 7.69. The van der Waals surface area contributed by atoms with Crippen molar-refractivity contribution in [2.24, 2.45) is 0 Å². The van der Waals surface area contributed by atoms with Gasteiger partial charge >= 0.3 is 6.03 Å². The van der Waals surface area contributed by atoms with Crippen LogP contribution in [0, 0.1) is 0 Å². The zero-order valence-electron chi connectivity index (χ0n) is 23.7. The first-order valence-corrected chi connectivity index (χ1v) is 14.4. The SMILES string of the molecule is CCN1CCc2c(nc(-c3ccc(NC(=O)Nc4ccc(CN(C)C)cc4)cc3)nc2N2CC3CCC(C2)O3)C1. The highest BCUT2D eigenvalue weighted by molar-refractivity contribution is 5.99. The minimum absolute atomic E-state index is 0.276. The average molecular weight is 542 g/mol. The Balaban J connectivity index is 1.18. The van der Waals surface area contributed by atoms with Gasteiger partial charge in [-0.05, 0) is 81.9 Å². The Bertz CT molecular complexity index is 1330. The average Bonchev–Trinajstić information content (AvgIpc) is 3.30. The van der Waals surface area contributed by atoms with Crippen LogP contribution in [-0.2, 0) is 24.2 Å². The van der Waals surface area contributed by atoms with Gasteiger partial charge in [-0.25, -0.2) is 14.8 Å². The van der Waals surface area contributed by atoms with E-state index in [2.05, 4.69) is 32.3 Å². The molecule has 0 radical (unpaired) electrons. The van der Waals surface area contributed by atoms with Gasteiger partial charge in [0, 0.05) is 55.2 Å². The molecule has 2 saturated heterocycles. The van der Waals surface area contributed by atoms with Crippen molar-refractivity contribution in [1.82, 2.24) is 19.8 Å². The lowest BCUT2D eigenvalue weighted by molar-refractivity contribution is 0.0301. The Hall–Kier alpha value is -3.53. The van der Waals surface area contributed by atoms with E-state index in [0.717, 1.165) is 87.1 Å². The van der Waals surface area contributed by atoms with Crippen LogP contribution in [-0.4, -0.2) is 78.3 Å². The molecular weight excluding hydrogens is 502 g/mol. The summed E-state index contributed by atoms with van der Waals surface area (Å²) in [6.45, 7) is 7.76. The van der Waals surface area contributed by atoms with E-state index in [1.165, 1.54) is 11.1 Å². The van der Waals surface area contributed by atoms with E-state index >= 15 is 0 Å². The van der Waals surface area contributed by atoms with Gasteiger partial charge in [0.2, 0.25) is 0 Å². The number of carbonyl (C=O) groups excluding carboxylic acids is 1. The van der Waals surface area contributed by atoms with Crippen molar-refractivity contribution in [3.8, 4) is 11.4 Å². The molecule has 3 aliphatic rings. The number of amides is 2. The van der Waals surface area contributed by atoms with Crippen molar-refractivity contribution in [3.63, 3.8) is 0 Å². The number of morpholine rings is 1. The number of benzene rings is 2. The van der Waals surface area contributed by atoms with Crippen molar-refractivity contribution in [1.29, 1.82) is 0 Å². The van der Waals surface area contributed by atoms with Crippen LogP contribution in [0.4, 0.5) is 22.0 Å². The van der Waals surface area contributed by atoms with E-state index in [0.29, 0.717) is 17.9 Å². The fourth-order valence-corrected chi connectivity index (χ4v) is 5.97. The summed E-state index contributed by atoms with van der Waals surface area (Å²) in [7, 11) is 4.07. The highest BCUT2D eigenvalue weighted by Crippen LogP contribution is 2.34. The smallest absolute Gasteiger partial charge is 0.323 e. The number of likely N-dealkylation sites (N-methyl/N-ethyl adjacent to an activating group) is 1. The number of nitrogens with one attached hydrogen (secondary N) is 2. The number of anilines is 3. The van der Waals surface area contributed by atoms with Crippen LogP contribution in [0.15, 0.2) is 48.5 Å². The summed E-state index contributed by atoms with van der Waals surface area (Å²) in [5, 5.41) is 5.84. The minimum Gasteiger partial charge on any atom is -0.371 e. The van der Waals surface area contributed by atoms with E-state index in [4.69, 9.17) is 14.7 Å². The Morgan fingerprint density at radius 2 is 1.62 bits per heavy atom. The highest BCUT2D eigenvalue weighted by Gasteiger charge is 2.36. The second-order valence-corrected chi connectivity index (χ2v) is 11.4. The molecule has 2 N–H and O–H groups in total. The van der Waals surface area contributed by atoms with Gasteiger partial charge in [-0.2, -0.15) is 0 Å². The molecular formula is C31H39N7O2.